The lowest BCUT2D eigenvalue weighted by Crippen LogP contribution is -2.11. The highest BCUT2D eigenvalue weighted by Gasteiger charge is 2.16. The molecule has 0 amide bonds. The lowest BCUT2D eigenvalue weighted by Gasteiger charge is -2.09. The zero-order valence-corrected chi connectivity index (χ0v) is 10.1. The fraction of sp³-hybridized carbons (Fsp3) is 0.500. The normalized spacial score (nSPS) is 12.4. The number of benzene rings is 1. The Balaban J connectivity index is 2.53. The van der Waals surface area contributed by atoms with Gasteiger partial charge in [0.1, 0.15) is 6.10 Å². The molecule has 2 heteroatoms. The van der Waals surface area contributed by atoms with E-state index in [0.29, 0.717) is 12.0 Å². The number of carbonyl (C=O) groups is 1. The van der Waals surface area contributed by atoms with Gasteiger partial charge in [0, 0.05) is 6.42 Å². The number of hydrogen-bond acceptors (Lipinski definition) is 2. The predicted octanol–water partition coefficient (Wildman–Crippen LogP) is 3.18. The van der Waals surface area contributed by atoms with Crippen LogP contribution in [-0.4, -0.2) is 10.9 Å². The van der Waals surface area contributed by atoms with E-state index in [9.17, 15) is 9.90 Å². The Labute approximate surface area is 97.3 Å². The molecule has 1 atom stereocenters. The lowest BCUT2D eigenvalue weighted by atomic mass is 10.0. The Morgan fingerprint density at radius 3 is 2.44 bits per heavy atom. The third kappa shape index (κ3) is 3.78. The van der Waals surface area contributed by atoms with Crippen molar-refractivity contribution in [2.45, 2.75) is 45.6 Å². The van der Waals surface area contributed by atoms with Crippen LogP contribution in [0.15, 0.2) is 24.3 Å². The van der Waals surface area contributed by atoms with Gasteiger partial charge < -0.3 is 5.11 Å². The average Bonchev–Trinajstić information content (AvgIpc) is 2.29. The van der Waals surface area contributed by atoms with Gasteiger partial charge in [-0.2, -0.15) is 0 Å². The second kappa shape index (κ2) is 6.44. The number of aliphatic hydroxyl groups excluding tert-OH is 1. The number of hydrogen-bond donors (Lipinski definition) is 1. The number of aliphatic hydroxyl groups is 1. The van der Waals surface area contributed by atoms with Crippen molar-refractivity contribution in [3.8, 4) is 0 Å². The molecule has 0 saturated heterocycles. The maximum Gasteiger partial charge on any atom is 0.165 e. The molecule has 0 saturated carbocycles. The van der Waals surface area contributed by atoms with E-state index in [1.54, 1.807) is 0 Å². The van der Waals surface area contributed by atoms with Crippen LogP contribution in [0.1, 0.15) is 49.8 Å². The fourth-order valence-corrected chi connectivity index (χ4v) is 1.62. The number of carbonyl (C=O) groups excluding carboxylic acids is 1. The Kier molecular flexibility index (Phi) is 5.20. The molecule has 0 aliphatic heterocycles. The zero-order chi connectivity index (χ0) is 12.0. The van der Waals surface area contributed by atoms with Gasteiger partial charge in [0.2, 0.25) is 0 Å². The highest BCUT2D eigenvalue weighted by molar-refractivity contribution is 5.84. The van der Waals surface area contributed by atoms with Gasteiger partial charge in [-0.05, 0) is 18.9 Å². The Bertz CT molecular complexity index is 327. The van der Waals surface area contributed by atoms with Gasteiger partial charge in [-0.15, -0.1) is 0 Å². The van der Waals surface area contributed by atoms with Crippen LogP contribution in [0.3, 0.4) is 0 Å². The third-order valence-electron chi connectivity index (χ3n) is 2.72. The van der Waals surface area contributed by atoms with Crippen LogP contribution >= 0.6 is 0 Å². The van der Waals surface area contributed by atoms with Crippen molar-refractivity contribution in [3.05, 3.63) is 35.4 Å². The largest absolute Gasteiger partial charge is 0.381 e. The lowest BCUT2D eigenvalue weighted by molar-refractivity contribution is -0.127. The number of rotatable bonds is 6. The molecule has 16 heavy (non-hydrogen) atoms. The molecule has 0 heterocycles. The summed E-state index contributed by atoms with van der Waals surface area (Å²) >= 11 is 0. The molecule has 0 aromatic heterocycles. The molecule has 1 N–H and O–H groups in total. The molecule has 0 spiro atoms. The van der Waals surface area contributed by atoms with Crippen molar-refractivity contribution >= 4 is 5.78 Å². The van der Waals surface area contributed by atoms with Gasteiger partial charge >= 0.3 is 0 Å². The van der Waals surface area contributed by atoms with Gasteiger partial charge in [-0.3, -0.25) is 4.79 Å². The van der Waals surface area contributed by atoms with E-state index in [4.69, 9.17) is 0 Å². The first-order valence-electron chi connectivity index (χ1n) is 5.92. The second-order valence-corrected chi connectivity index (χ2v) is 4.24. The monoisotopic (exact) mass is 220 g/mol. The van der Waals surface area contributed by atoms with Crippen molar-refractivity contribution in [2.24, 2.45) is 0 Å². The highest BCUT2D eigenvalue weighted by Crippen LogP contribution is 2.17. The van der Waals surface area contributed by atoms with Crippen molar-refractivity contribution in [3.63, 3.8) is 0 Å². The SMILES string of the molecule is CCCCCC(=O)C(O)c1ccc(C)cc1. The summed E-state index contributed by atoms with van der Waals surface area (Å²) in [6.07, 6.45) is 2.54. The molecule has 0 fully saturated rings. The van der Waals surface area contributed by atoms with E-state index in [1.807, 2.05) is 31.2 Å². The molecule has 88 valence electrons. The van der Waals surface area contributed by atoms with Crippen LogP contribution in [0.5, 0.6) is 0 Å². The third-order valence-corrected chi connectivity index (χ3v) is 2.72. The second-order valence-electron chi connectivity index (χ2n) is 4.24. The van der Waals surface area contributed by atoms with Gasteiger partial charge in [0.05, 0.1) is 0 Å². The van der Waals surface area contributed by atoms with E-state index in [1.165, 1.54) is 0 Å². The number of Topliss-reactive ketones (excluding diaryl/α,β-unsaturated/α-hetero) is 1. The molecule has 1 rings (SSSR count). The molecule has 0 aliphatic rings. The summed E-state index contributed by atoms with van der Waals surface area (Å²) in [5.74, 6) is -0.0719. The molecule has 0 bridgehead atoms. The smallest absolute Gasteiger partial charge is 0.165 e. The van der Waals surface area contributed by atoms with E-state index in [2.05, 4.69) is 6.92 Å². The summed E-state index contributed by atoms with van der Waals surface area (Å²) in [6, 6.07) is 7.46. The minimum Gasteiger partial charge on any atom is -0.381 e. The maximum absolute atomic E-state index is 11.7. The molecular formula is C14H20O2. The molecule has 0 radical (unpaired) electrons. The molecule has 1 aromatic rings. The van der Waals surface area contributed by atoms with E-state index >= 15 is 0 Å². The maximum atomic E-state index is 11.7. The van der Waals surface area contributed by atoms with Crippen molar-refractivity contribution in [1.82, 2.24) is 0 Å². The van der Waals surface area contributed by atoms with Crippen molar-refractivity contribution < 1.29 is 9.90 Å². The summed E-state index contributed by atoms with van der Waals surface area (Å²) in [7, 11) is 0. The summed E-state index contributed by atoms with van der Waals surface area (Å²) in [5.41, 5.74) is 1.83. The van der Waals surface area contributed by atoms with Gasteiger partial charge in [-0.25, -0.2) is 0 Å². The number of unbranched alkanes of at least 4 members (excludes halogenated alkanes) is 2. The molecule has 1 aromatic carbocycles. The number of aryl methyl sites for hydroxylation is 1. The standard InChI is InChI=1S/C14H20O2/c1-3-4-5-6-13(15)14(16)12-9-7-11(2)8-10-12/h7-10,14,16H,3-6H2,1-2H3. The molecule has 1 unspecified atom stereocenters. The van der Waals surface area contributed by atoms with Gasteiger partial charge in [-0.1, -0.05) is 49.6 Å². The number of ketones is 1. The van der Waals surface area contributed by atoms with Crippen molar-refractivity contribution in [2.75, 3.05) is 0 Å². The van der Waals surface area contributed by atoms with Crippen LogP contribution in [-0.2, 0) is 4.79 Å². The van der Waals surface area contributed by atoms with E-state index < -0.39 is 6.10 Å². The summed E-state index contributed by atoms with van der Waals surface area (Å²) in [4.78, 5) is 11.7. The van der Waals surface area contributed by atoms with Gasteiger partial charge in [0.25, 0.3) is 0 Å². The first-order chi connectivity index (χ1) is 7.65. The van der Waals surface area contributed by atoms with Crippen LogP contribution in [0.25, 0.3) is 0 Å². The Hall–Kier alpha value is -1.15. The quantitative estimate of drug-likeness (QED) is 0.748. The molecular weight excluding hydrogens is 200 g/mol. The van der Waals surface area contributed by atoms with Crippen LogP contribution < -0.4 is 0 Å². The summed E-state index contributed by atoms with van der Waals surface area (Å²) in [6.45, 7) is 4.08. The van der Waals surface area contributed by atoms with Gasteiger partial charge in [0.15, 0.2) is 5.78 Å². The Morgan fingerprint density at radius 1 is 1.25 bits per heavy atom. The van der Waals surface area contributed by atoms with Crippen LogP contribution in [0.4, 0.5) is 0 Å². The summed E-state index contributed by atoms with van der Waals surface area (Å²) < 4.78 is 0. The van der Waals surface area contributed by atoms with E-state index in [-0.39, 0.29) is 5.78 Å². The Morgan fingerprint density at radius 2 is 1.88 bits per heavy atom. The minimum absolute atomic E-state index is 0.0719. The van der Waals surface area contributed by atoms with Crippen molar-refractivity contribution in [1.29, 1.82) is 0 Å². The minimum atomic E-state index is -0.947. The highest BCUT2D eigenvalue weighted by atomic mass is 16.3. The zero-order valence-electron chi connectivity index (χ0n) is 10.1. The van der Waals surface area contributed by atoms with E-state index in [0.717, 1.165) is 24.8 Å². The first kappa shape index (κ1) is 12.9. The molecule has 0 aliphatic carbocycles. The fourth-order valence-electron chi connectivity index (χ4n) is 1.62. The summed E-state index contributed by atoms with van der Waals surface area (Å²) in [5, 5.41) is 9.83. The first-order valence-corrected chi connectivity index (χ1v) is 5.92. The average molecular weight is 220 g/mol. The van der Waals surface area contributed by atoms with Crippen LogP contribution in [0, 0.1) is 6.92 Å². The predicted molar refractivity (Wildman–Crippen MR) is 65.3 cm³/mol. The molecule has 2 nitrogen and oxygen atoms in total. The topological polar surface area (TPSA) is 37.3 Å². The van der Waals surface area contributed by atoms with Crippen LogP contribution in [0.2, 0.25) is 0 Å².